The Kier molecular flexibility index (Phi) is 7.88. The van der Waals surface area contributed by atoms with Gasteiger partial charge in [-0.05, 0) is 37.2 Å². The van der Waals surface area contributed by atoms with Crippen molar-refractivity contribution >= 4 is 11.6 Å². The number of carbonyl (C=O) groups excluding carboxylic acids is 1. The second kappa shape index (κ2) is 11.9. The van der Waals surface area contributed by atoms with Crippen LogP contribution in [0.2, 0.25) is 0 Å². The molecule has 0 bridgehead atoms. The first-order chi connectivity index (χ1) is 19.5. The summed E-state index contributed by atoms with van der Waals surface area (Å²) < 4.78 is 28.7. The van der Waals surface area contributed by atoms with E-state index in [4.69, 9.17) is 9.47 Å². The molecule has 0 saturated carbocycles. The average molecular weight is 549 g/mol. The van der Waals surface area contributed by atoms with E-state index in [2.05, 4.69) is 20.6 Å². The Morgan fingerprint density at radius 2 is 1.77 bits per heavy atom. The zero-order valence-electron chi connectivity index (χ0n) is 22.9. The van der Waals surface area contributed by atoms with Crippen LogP contribution in [0, 0.1) is 5.82 Å². The molecule has 0 unspecified atom stereocenters. The molecular formula is C30H37FN6O3. The molecule has 3 aliphatic rings. The second-order valence-electron chi connectivity index (χ2n) is 10.8. The zero-order chi connectivity index (χ0) is 27.5. The Bertz CT molecular complexity index is 1330. The topological polar surface area (TPSA) is 83.9 Å². The van der Waals surface area contributed by atoms with Crippen LogP contribution < -0.4 is 25.0 Å². The molecule has 3 fully saturated rings. The molecule has 0 spiro atoms. The number of aryl methyl sites for hydroxylation is 1. The van der Waals surface area contributed by atoms with E-state index in [9.17, 15) is 9.18 Å². The molecule has 3 saturated heterocycles. The molecule has 1 aromatic heterocycles. The summed E-state index contributed by atoms with van der Waals surface area (Å²) in [5.41, 5.74) is 3.27. The monoisotopic (exact) mass is 548 g/mol. The van der Waals surface area contributed by atoms with Gasteiger partial charge in [0, 0.05) is 106 Å². The van der Waals surface area contributed by atoms with Gasteiger partial charge >= 0.3 is 0 Å². The Labute approximate surface area is 234 Å². The van der Waals surface area contributed by atoms with Gasteiger partial charge < -0.3 is 29.9 Å². The predicted molar refractivity (Wildman–Crippen MR) is 152 cm³/mol. The third-order valence-electron chi connectivity index (χ3n) is 7.92. The number of piperazine rings is 1. The normalized spacial score (nSPS) is 20.1. The number of likely N-dealkylation sites (tertiary alicyclic amines) is 1. The minimum absolute atomic E-state index is 0.00979. The largest absolute Gasteiger partial charge is 0.490 e. The van der Waals surface area contributed by atoms with Gasteiger partial charge in [0.2, 0.25) is 0 Å². The average Bonchev–Trinajstić information content (AvgIpc) is 3.65. The molecule has 2 aromatic carbocycles. The summed E-state index contributed by atoms with van der Waals surface area (Å²) in [5.74, 6) is 1.01. The molecule has 2 N–H and O–H groups in total. The first-order valence-corrected chi connectivity index (χ1v) is 14.2. The van der Waals surface area contributed by atoms with E-state index in [0.717, 1.165) is 68.3 Å². The van der Waals surface area contributed by atoms with E-state index in [1.165, 1.54) is 6.07 Å². The number of anilines is 1. The zero-order valence-corrected chi connectivity index (χ0v) is 22.9. The fraction of sp³-hybridized carbons (Fsp3) is 0.467. The first kappa shape index (κ1) is 26.6. The molecule has 1 amide bonds. The van der Waals surface area contributed by atoms with E-state index in [-0.39, 0.29) is 23.9 Å². The molecule has 0 radical (unpaired) electrons. The van der Waals surface area contributed by atoms with Gasteiger partial charge in [0.25, 0.3) is 5.91 Å². The van der Waals surface area contributed by atoms with Crippen LogP contribution in [0.4, 0.5) is 10.1 Å². The summed E-state index contributed by atoms with van der Waals surface area (Å²) >= 11 is 0. The fourth-order valence-electron chi connectivity index (χ4n) is 5.73. The predicted octanol–water partition coefficient (Wildman–Crippen LogP) is 3.06. The van der Waals surface area contributed by atoms with E-state index in [1.807, 2.05) is 42.4 Å². The van der Waals surface area contributed by atoms with Gasteiger partial charge in [-0.1, -0.05) is 0 Å². The molecule has 9 nitrogen and oxygen atoms in total. The van der Waals surface area contributed by atoms with E-state index >= 15 is 0 Å². The summed E-state index contributed by atoms with van der Waals surface area (Å²) in [6, 6.07) is 10.6. The van der Waals surface area contributed by atoms with Gasteiger partial charge in [-0.15, -0.1) is 0 Å². The van der Waals surface area contributed by atoms with Crippen LogP contribution in [0.3, 0.4) is 0 Å². The third kappa shape index (κ3) is 6.08. The van der Waals surface area contributed by atoms with Gasteiger partial charge in [0.15, 0.2) is 0 Å². The van der Waals surface area contributed by atoms with Crippen LogP contribution in [-0.4, -0.2) is 85.2 Å². The summed E-state index contributed by atoms with van der Waals surface area (Å²) in [6.45, 7) is 6.38. The lowest BCUT2D eigenvalue weighted by molar-refractivity contribution is 0.0595. The molecule has 212 valence electrons. The van der Waals surface area contributed by atoms with Crippen molar-refractivity contribution in [2.24, 2.45) is 7.05 Å². The van der Waals surface area contributed by atoms with E-state index in [0.29, 0.717) is 37.2 Å². The molecular weight excluding hydrogens is 511 g/mol. The number of benzene rings is 2. The van der Waals surface area contributed by atoms with Crippen molar-refractivity contribution < 1.29 is 18.7 Å². The van der Waals surface area contributed by atoms with Crippen LogP contribution in [0.25, 0.3) is 11.1 Å². The molecule has 0 aliphatic carbocycles. The number of aromatic nitrogens is 2. The standard InChI is InChI=1S/C30H37FN6O3/c1-35-20-22(18-34-35)28-14-21(2-3-29(28)40-26-4-7-33-19-26)30(38)37-10-5-25(6-11-37)39-27-16-23(31)15-24(17-27)36-12-8-32-9-13-36/h2-3,14-18,20,25-26,32-33H,4-13,19H2,1H3/t26-/m0/s1. The van der Waals surface area contributed by atoms with Gasteiger partial charge in [0.05, 0.1) is 6.20 Å². The summed E-state index contributed by atoms with van der Waals surface area (Å²) in [7, 11) is 1.88. The Balaban J connectivity index is 1.11. The lowest BCUT2D eigenvalue weighted by atomic mass is 10.0. The minimum Gasteiger partial charge on any atom is -0.490 e. The van der Waals surface area contributed by atoms with Gasteiger partial charge in [-0.25, -0.2) is 4.39 Å². The highest BCUT2D eigenvalue weighted by atomic mass is 19.1. The number of rotatable bonds is 7. The van der Waals surface area contributed by atoms with Crippen LogP contribution in [0.15, 0.2) is 48.8 Å². The van der Waals surface area contributed by atoms with Crippen molar-refractivity contribution in [3.05, 3.63) is 60.2 Å². The molecule has 10 heteroatoms. The van der Waals surface area contributed by atoms with Crippen LogP contribution in [0.1, 0.15) is 29.6 Å². The van der Waals surface area contributed by atoms with Crippen molar-refractivity contribution in [3.8, 4) is 22.6 Å². The number of nitrogens with zero attached hydrogens (tertiary/aromatic N) is 4. The van der Waals surface area contributed by atoms with Crippen molar-refractivity contribution in [1.29, 1.82) is 0 Å². The minimum atomic E-state index is -0.292. The van der Waals surface area contributed by atoms with Crippen molar-refractivity contribution in [2.75, 3.05) is 57.3 Å². The molecule has 3 aliphatic heterocycles. The maximum atomic E-state index is 14.4. The number of ether oxygens (including phenoxy) is 2. The number of carbonyl (C=O) groups is 1. The number of amides is 1. The van der Waals surface area contributed by atoms with Crippen molar-refractivity contribution in [3.63, 3.8) is 0 Å². The highest BCUT2D eigenvalue weighted by Gasteiger charge is 2.27. The highest BCUT2D eigenvalue weighted by Crippen LogP contribution is 2.33. The van der Waals surface area contributed by atoms with Crippen molar-refractivity contribution in [2.45, 2.75) is 31.5 Å². The summed E-state index contributed by atoms with van der Waals surface area (Å²) in [5, 5.41) is 11.0. The number of hydrogen-bond acceptors (Lipinski definition) is 7. The Morgan fingerprint density at radius 1 is 0.950 bits per heavy atom. The van der Waals surface area contributed by atoms with Crippen LogP contribution >= 0.6 is 0 Å². The molecule has 40 heavy (non-hydrogen) atoms. The molecule has 6 rings (SSSR count). The summed E-state index contributed by atoms with van der Waals surface area (Å²) in [4.78, 5) is 17.6. The smallest absolute Gasteiger partial charge is 0.253 e. The second-order valence-corrected chi connectivity index (χ2v) is 10.8. The lowest BCUT2D eigenvalue weighted by Gasteiger charge is -2.33. The van der Waals surface area contributed by atoms with Gasteiger partial charge in [-0.2, -0.15) is 5.10 Å². The highest BCUT2D eigenvalue weighted by molar-refractivity contribution is 5.96. The quantitative estimate of drug-likeness (QED) is 0.470. The first-order valence-electron chi connectivity index (χ1n) is 14.2. The van der Waals surface area contributed by atoms with Crippen molar-refractivity contribution in [1.82, 2.24) is 25.3 Å². The maximum absolute atomic E-state index is 14.4. The van der Waals surface area contributed by atoms with E-state index in [1.54, 1.807) is 16.9 Å². The van der Waals surface area contributed by atoms with Crippen LogP contribution in [0.5, 0.6) is 11.5 Å². The van der Waals surface area contributed by atoms with Gasteiger partial charge in [-0.3, -0.25) is 9.48 Å². The third-order valence-corrected chi connectivity index (χ3v) is 7.92. The molecule has 1 atom stereocenters. The Morgan fingerprint density at radius 3 is 2.50 bits per heavy atom. The lowest BCUT2D eigenvalue weighted by Crippen LogP contribution is -2.43. The maximum Gasteiger partial charge on any atom is 0.253 e. The number of hydrogen-bond donors (Lipinski definition) is 2. The van der Waals surface area contributed by atoms with Crippen LogP contribution in [-0.2, 0) is 7.05 Å². The number of piperidine rings is 1. The summed E-state index contributed by atoms with van der Waals surface area (Å²) in [6.07, 6.45) is 6.12. The number of halogens is 1. The van der Waals surface area contributed by atoms with Gasteiger partial charge in [0.1, 0.15) is 29.5 Å². The number of nitrogens with one attached hydrogen (secondary N) is 2. The fourth-order valence-corrected chi connectivity index (χ4v) is 5.73. The Hall–Kier alpha value is -3.63. The molecule has 3 aromatic rings. The molecule has 4 heterocycles. The SMILES string of the molecule is Cn1cc(-c2cc(C(=O)N3CCC(Oc4cc(F)cc(N5CCNCC5)c4)CC3)ccc2O[C@H]2CCNC2)cn1. The van der Waals surface area contributed by atoms with E-state index < -0.39 is 0 Å².